The second-order valence-electron chi connectivity index (χ2n) is 3.98. The summed E-state index contributed by atoms with van der Waals surface area (Å²) in [6.45, 7) is 5.86. The SMILES string of the molecule is CCCNC(=O)NC1CCC(C)NC1. The lowest BCUT2D eigenvalue weighted by Gasteiger charge is -2.28. The van der Waals surface area contributed by atoms with Crippen molar-refractivity contribution in [3.63, 3.8) is 0 Å². The van der Waals surface area contributed by atoms with Crippen LogP contribution in [0, 0.1) is 0 Å². The van der Waals surface area contributed by atoms with E-state index in [1.807, 2.05) is 6.92 Å². The average Bonchev–Trinajstić information content (AvgIpc) is 2.18. The van der Waals surface area contributed by atoms with Crippen LogP contribution in [0.2, 0.25) is 0 Å². The van der Waals surface area contributed by atoms with Gasteiger partial charge >= 0.3 is 6.03 Å². The maximum atomic E-state index is 11.3. The molecule has 1 heterocycles. The van der Waals surface area contributed by atoms with E-state index in [-0.39, 0.29) is 6.03 Å². The Hall–Kier alpha value is -0.770. The molecule has 1 fully saturated rings. The fraction of sp³-hybridized carbons (Fsp3) is 0.900. The van der Waals surface area contributed by atoms with Crippen molar-refractivity contribution < 1.29 is 4.79 Å². The first-order valence-corrected chi connectivity index (χ1v) is 5.50. The molecule has 2 unspecified atom stereocenters. The van der Waals surface area contributed by atoms with Gasteiger partial charge in [-0.25, -0.2) is 4.79 Å². The summed E-state index contributed by atoms with van der Waals surface area (Å²) in [6, 6.07) is 0.850. The van der Waals surface area contributed by atoms with E-state index in [0.29, 0.717) is 12.1 Å². The van der Waals surface area contributed by atoms with E-state index in [1.165, 1.54) is 0 Å². The topological polar surface area (TPSA) is 53.2 Å². The number of piperidine rings is 1. The molecular formula is C10H21N3O. The average molecular weight is 199 g/mol. The van der Waals surface area contributed by atoms with E-state index in [2.05, 4.69) is 22.9 Å². The summed E-state index contributed by atoms with van der Waals surface area (Å²) in [4.78, 5) is 11.3. The molecular weight excluding hydrogens is 178 g/mol. The third kappa shape index (κ3) is 3.96. The summed E-state index contributed by atoms with van der Waals surface area (Å²) in [5.74, 6) is 0. The predicted octanol–water partition coefficient (Wildman–Crippen LogP) is 0.836. The molecule has 82 valence electrons. The van der Waals surface area contributed by atoms with Crippen LogP contribution >= 0.6 is 0 Å². The number of hydrogen-bond donors (Lipinski definition) is 3. The minimum atomic E-state index is -0.0341. The van der Waals surface area contributed by atoms with Crippen LogP contribution in [0.5, 0.6) is 0 Å². The van der Waals surface area contributed by atoms with Crippen LogP contribution in [0.15, 0.2) is 0 Å². The predicted molar refractivity (Wildman–Crippen MR) is 57.3 cm³/mol. The standard InChI is InChI=1S/C10H21N3O/c1-3-6-11-10(14)13-9-5-4-8(2)12-7-9/h8-9,12H,3-7H2,1-2H3,(H2,11,13,14). The van der Waals surface area contributed by atoms with E-state index in [4.69, 9.17) is 0 Å². The fourth-order valence-corrected chi connectivity index (χ4v) is 1.60. The number of carbonyl (C=O) groups excluding carboxylic acids is 1. The second-order valence-corrected chi connectivity index (χ2v) is 3.98. The van der Waals surface area contributed by atoms with Crippen molar-refractivity contribution in [3.05, 3.63) is 0 Å². The summed E-state index contributed by atoms with van der Waals surface area (Å²) < 4.78 is 0. The summed E-state index contributed by atoms with van der Waals surface area (Å²) in [6.07, 6.45) is 3.19. The van der Waals surface area contributed by atoms with Crippen molar-refractivity contribution >= 4 is 6.03 Å². The summed E-state index contributed by atoms with van der Waals surface area (Å²) in [5.41, 5.74) is 0. The number of hydrogen-bond acceptors (Lipinski definition) is 2. The zero-order chi connectivity index (χ0) is 10.4. The molecule has 0 radical (unpaired) electrons. The monoisotopic (exact) mass is 199 g/mol. The molecule has 1 aliphatic heterocycles. The van der Waals surface area contributed by atoms with Gasteiger partial charge in [-0.3, -0.25) is 0 Å². The number of rotatable bonds is 3. The highest BCUT2D eigenvalue weighted by Gasteiger charge is 2.18. The van der Waals surface area contributed by atoms with Gasteiger partial charge in [0.25, 0.3) is 0 Å². The van der Waals surface area contributed by atoms with Crippen LogP contribution in [0.3, 0.4) is 0 Å². The molecule has 4 nitrogen and oxygen atoms in total. The molecule has 0 aliphatic carbocycles. The van der Waals surface area contributed by atoms with Crippen LogP contribution in [0.1, 0.15) is 33.1 Å². The van der Waals surface area contributed by atoms with Crippen LogP contribution in [-0.2, 0) is 0 Å². The van der Waals surface area contributed by atoms with Crippen molar-refractivity contribution in [1.82, 2.24) is 16.0 Å². The third-order valence-electron chi connectivity index (χ3n) is 2.53. The molecule has 3 N–H and O–H groups in total. The molecule has 1 aliphatic rings. The van der Waals surface area contributed by atoms with Gasteiger partial charge in [0.15, 0.2) is 0 Å². The zero-order valence-electron chi connectivity index (χ0n) is 9.10. The Bertz CT molecular complexity index is 176. The largest absolute Gasteiger partial charge is 0.338 e. The minimum absolute atomic E-state index is 0.0341. The van der Waals surface area contributed by atoms with Crippen LogP contribution in [0.25, 0.3) is 0 Å². The smallest absolute Gasteiger partial charge is 0.315 e. The highest BCUT2D eigenvalue weighted by atomic mass is 16.2. The lowest BCUT2D eigenvalue weighted by Crippen LogP contribution is -2.51. The van der Waals surface area contributed by atoms with E-state index >= 15 is 0 Å². The molecule has 2 atom stereocenters. The number of urea groups is 1. The van der Waals surface area contributed by atoms with Crippen LogP contribution in [-0.4, -0.2) is 31.2 Å². The molecule has 0 spiro atoms. The molecule has 1 saturated heterocycles. The molecule has 0 aromatic heterocycles. The lowest BCUT2D eigenvalue weighted by atomic mass is 10.0. The number of amides is 2. The molecule has 0 aromatic carbocycles. The van der Waals surface area contributed by atoms with Gasteiger partial charge < -0.3 is 16.0 Å². The molecule has 2 amide bonds. The Labute approximate surface area is 85.8 Å². The van der Waals surface area contributed by atoms with Crippen LogP contribution < -0.4 is 16.0 Å². The number of carbonyl (C=O) groups is 1. The van der Waals surface area contributed by atoms with Crippen molar-refractivity contribution in [2.75, 3.05) is 13.1 Å². The Morgan fingerprint density at radius 1 is 1.50 bits per heavy atom. The summed E-state index contributed by atoms with van der Waals surface area (Å²) in [5, 5.41) is 9.13. The fourth-order valence-electron chi connectivity index (χ4n) is 1.60. The zero-order valence-corrected chi connectivity index (χ0v) is 9.10. The maximum absolute atomic E-state index is 11.3. The van der Waals surface area contributed by atoms with E-state index in [9.17, 15) is 4.79 Å². The minimum Gasteiger partial charge on any atom is -0.338 e. The number of nitrogens with one attached hydrogen (secondary N) is 3. The van der Waals surface area contributed by atoms with Gasteiger partial charge in [0.05, 0.1) is 0 Å². The van der Waals surface area contributed by atoms with Gasteiger partial charge in [-0.2, -0.15) is 0 Å². The molecule has 0 bridgehead atoms. The van der Waals surface area contributed by atoms with Gasteiger partial charge in [0.1, 0.15) is 0 Å². The van der Waals surface area contributed by atoms with Crippen molar-refractivity contribution in [1.29, 1.82) is 0 Å². The third-order valence-corrected chi connectivity index (χ3v) is 2.53. The first-order valence-electron chi connectivity index (χ1n) is 5.50. The Kier molecular flexibility index (Phi) is 4.73. The molecule has 4 heteroatoms. The van der Waals surface area contributed by atoms with Gasteiger partial charge in [-0.1, -0.05) is 6.92 Å². The van der Waals surface area contributed by atoms with E-state index < -0.39 is 0 Å². The quantitative estimate of drug-likeness (QED) is 0.631. The highest BCUT2D eigenvalue weighted by molar-refractivity contribution is 5.74. The van der Waals surface area contributed by atoms with Crippen molar-refractivity contribution in [2.24, 2.45) is 0 Å². The normalized spacial score (nSPS) is 27.0. The first-order chi connectivity index (χ1) is 6.72. The van der Waals surface area contributed by atoms with Crippen LogP contribution in [0.4, 0.5) is 4.79 Å². The molecule has 1 rings (SSSR count). The second kappa shape index (κ2) is 5.86. The van der Waals surface area contributed by atoms with Gasteiger partial charge in [-0.15, -0.1) is 0 Å². The maximum Gasteiger partial charge on any atom is 0.315 e. The van der Waals surface area contributed by atoms with Gasteiger partial charge in [-0.05, 0) is 26.2 Å². The summed E-state index contributed by atoms with van der Waals surface area (Å²) in [7, 11) is 0. The first kappa shape index (κ1) is 11.3. The molecule has 0 aromatic rings. The van der Waals surface area contributed by atoms with E-state index in [1.54, 1.807) is 0 Å². The highest BCUT2D eigenvalue weighted by Crippen LogP contribution is 2.06. The van der Waals surface area contributed by atoms with E-state index in [0.717, 1.165) is 32.4 Å². The van der Waals surface area contributed by atoms with Crippen molar-refractivity contribution in [3.8, 4) is 0 Å². The van der Waals surface area contributed by atoms with Gasteiger partial charge in [0, 0.05) is 25.2 Å². The molecule has 14 heavy (non-hydrogen) atoms. The Morgan fingerprint density at radius 2 is 2.29 bits per heavy atom. The van der Waals surface area contributed by atoms with Gasteiger partial charge in [0.2, 0.25) is 0 Å². The Morgan fingerprint density at radius 3 is 2.86 bits per heavy atom. The van der Waals surface area contributed by atoms with Crippen molar-refractivity contribution in [2.45, 2.75) is 45.2 Å². The Balaban J connectivity index is 2.14. The summed E-state index contributed by atoms with van der Waals surface area (Å²) >= 11 is 0. The lowest BCUT2D eigenvalue weighted by molar-refractivity contribution is 0.231. The molecule has 0 saturated carbocycles.